The van der Waals surface area contributed by atoms with Crippen LogP contribution in [0.4, 0.5) is 0 Å². The zero-order valence-electron chi connectivity index (χ0n) is 11.8. The first kappa shape index (κ1) is 13.5. The highest BCUT2D eigenvalue weighted by Gasteiger charge is 2.34. The average Bonchev–Trinajstić information content (AvgIpc) is 3.23. The van der Waals surface area contributed by atoms with E-state index in [1.54, 1.807) is 0 Å². The highest BCUT2D eigenvalue weighted by Crippen LogP contribution is 2.30. The number of para-hydroxylation sites is 1. The maximum Gasteiger partial charge on any atom is 0.148 e. The highest BCUT2D eigenvalue weighted by molar-refractivity contribution is 5.33. The Morgan fingerprint density at radius 1 is 1.30 bits per heavy atom. The Hall–Kier alpha value is -1.50. The minimum atomic E-state index is 0.329. The summed E-state index contributed by atoms with van der Waals surface area (Å²) >= 11 is 0. The third-order valence-corrected chi connectivity index (χ3v) is 4.15. The van der Waals surface area contributed by atoms with Gasteiger partial charge in [-0.2, -0.15) is 0 Å². The van der Waals surface area contributed by atoms with E-state index in [0.717, 1.165) is 18.3 Å². The van der Waals surface area contributed by atoms with E-state index in [-0.39, 0.29) is 0 Å². The summed E-state index contributed by atoms with van der Waals surface area (Å²) in [5.41, 5.74) is 1.19. The summed E-state index contributed by atoms with van der Waals surface area (Å²) in [5, 5.41) is 3.65. The van der Waals surface area contributed by atoms with Crippen LogP contribution in [-0.4, -0.2) is 36.7 Å². The number of nitrogens with one attached hydrogen (secondary N) is 1. The molecule has 0 radical (unpaired) electrons. The van der Waals surface area contributed by atoms with Crippen molar-refractivity contribution in [3.8, 4) is 18.1 Å². The molecule has 2 fully saturated rings. The second-order valence-corrected chi connectivity index (χ2v) is 5.69. The largest absolute Gasteiger partial charge is 0.481 e. The van der Waals surface area contributed by atoms with Gasteiger partial charge in [-0.25, -0.2) is 0 Å². The zero-order chi connectivity index (χ0) is 13.8. The molecular weight excluding hydrogens is 248 g/mol. The fraction of sp³-hybridized carbons (Fsp3) is 0.529. The van der Waals surface area contributed by atoms with Crippen LogP contribution in [0.5, 0.6) is 5.75 Å². The quantitative estimate of drug-likeness (QED) is 0.801. The van der Waals surface area contributed by atoms with Gasteiger partial charge < -0.3 is 10.1 Å². The lowest BCUT2D eigenvalue weighted by atomic mass is 10.2. The van der Waals surface area contributed by atoms with Gasteiger partial charge in [0.1, 0.15) is 12.4 Å². The Balaban J connectivity index is 1.51. The summed E-state index contributed by atoms with van der Waals surface area (Å²) in [6.45, 7) is 3.62. The van der Waals surface area contributed by atoms with Gasteiger partial charge in [-0.1, -0.05) is 24.1 Å². The molecule has 2 aliphatic rings. The normalized spacial score (nSPS) is 22.6. The van der Waals surface area contributed by atoms with Crippen molar-refractivity contribution in [1.82, 2.24) is 10.2 Å². The molecule has 0 amide bonds. The smallest absolute Gasteiger partial charge is 0.148 e. The van der Waals surface area contributed by atoms with Gasteiger partial charge in [0.2, 0.25) is 0 Å². The van der Waals surface area contributed by atoms with Gasteiger partial charge in [0.25, 0.3) is 0 Å². The topological polar surface area (TPSA) is 24.5 Å². The molecule has 1 aromatic rings. The van der Waals surface area contributed by atoms with Gasteiger partial charge in [-0.15, -0.1) is 6.42 Å². The summed E-state index contributed by atoms with van der Waals surface area (Å²) in [6, 6.07) is 9.61. The molecule has 20 heavy (non-hydrogen) atoms. The molecule has 0 bridgehead atoms. The van der Waals surface area contributed by atoms with Crippen LogP contribution < -0.4 is 10.1 Å². The lowest BCUT2D eigenvalue weighted by Gasteiger charge is -2.16. The standard InChI is InChI=1S/C17H22N2O/c1-2-11-20-17-6-4-3-5-14(17)12-18-15-9-10-19(13-15)16-7-8-16/h1,3-6,15-16,18H,7-13H2. The van der Waals surface area contributed by atoms with Crippen LogP contribution >= 0.6 is 0 Å². The maximum atomic E-state index is 5.58. The lowest BCUT2D eigenvalue weighted by molar-refractivity contribution is 0.316. The molecule has 1 unspecified atom stereocenters. The molecule has 3 nitrogen and oxygen atoms in total. The summed E-state index contributed by atoms with van der Waals surface area (Å²) in [6.07, 6.45) is 9.30. The van der Waals surface area contributed by atoms with Crippen molar-refractivity contribution >= 4 is 0 Å². The van der Waals surface area contributed by atoms with Crippen molar-refractivity contribution in [3.63, 3.8) is 0 Å². The van der Waals surface area contributed by atoms with E-state index in [1.807, 2.05) is 18.2 Å². The first-order chi connectivity index (χ1) is 9.86. The summed E-state index contributed by atoms with van der Waals surface area (Å²) in [4.78, 5) is 2.62. The van der Waals surface area contributed by atoms with Gasteiger partial charge in [0, 0.05) is 37.3 Å². The SMILES string of the molecule is C#CCOc1ccccc1CNC1CCN(C2CC2)C1. The Labute approximate surface area is 121 Å². The van der Waals surface area contributed by atoms with Crippen molar-refractivity contribution < 1.29 is 4.74 Å². The van der Waals surface area contributed by atoms with Crippen molar-refractivity contribution in [2.24, 2.45) is 0 Å². The zero-order valence-corrected chi connectivity index (χ0v) is 11.8. The molecule has 1 atom stereocenters. The predicted molar refractivity (Wildman–Crippen MR) is 80.6 cm³/mol. The minimum Gasteiger partial charge on any atom is -0.481 e. The van der Waals surface area contributed by atoms with Gasteiger partial charge in [-0.3, -0.25) is 4.90 Å². The molecule has 1 aliphatic carbocycles. The number of ether oxygens (including phenoxy) is 1. The Bertz CT molecular complexity index is 490. The molecule has 0 spiro atoms. The Kier molecular flexibility index (Phi) is 4.25. The van der Waals surface area contributed by atoms with Crippen LogP contribution in [0.2, 0.25) is 0 Å². The lowest BCUT2D eigenvalue weighted by Crippen LogP contribution is -2.33. The van der Waals surface area contributed by atoms with Crippen LogP contribution in [0.15, 0.2) is 24.3 Å². The first-order valence-corrected chi connectivity index (χ1v) is 7.48. The number of benzene rings is 1. The maximum absolute atomic E-state index is 5.58. The number of hydrogen-bond donors (Lipinski definition) is 1. The second-order valence-electron chi connectivity index (χ2n) is 5.69. The monoisotopic (exact) mass is 270 g/mol. The van der Waals surface area contributed by atoms with E-state index in [9.17, 15) is 0 Å². The van der Waals surface area contributed by atoms with Crippen molar-refractivity contribution in [3.05, 3.63) is 29.8 Å². The molecule has 1 saturated carbocycles. The molecule has 3 heteroatoms. The van der Waals surface area contributed by atoms with E-state index in [0.29, 0.717) is 12.6 Å². The van der Waals surface area contributed by atoms with Crippen LogP contribution in [0.25, 0.3) is 0 Å². The molecule has 1 heterocycles. The third kappa shape index (κ3) is 3.33. The molecule has 0 aromatic heterocycles. The van der Waals surface area contributed by atoms with Gasteiger partial charge in [0.15, 0.2) is 0 Å². The molecule has 106 valence electrons. The number of rotatable bonds is 6. The fourth-order valence-corrected chi connectivity index (χ4v) is 2.89. The van der Waals surface area contributed by atoms with E-state index in [4.69, 9.17) is 11.2 Å². The van der Waals surface area contributed by atoms with E-state index in [1.165, 1.54) is 37.9 Å². The summed E-state index contributed by atoms with van der Waals surface area (Å²) < 4.78 is 5.58. The number of terminal acetylenes is 1. The van der Waals surface area contributed by atoms with E-state index < -0.39 is 0 Å². The molecular formula is C17H22N2O. The molecule has 1 saturated heterocycles. The minimum absolute atomic E-state index is 0.329. The predicted octanol–water partition coefficient (Wildman–Crippen LogP) is 2.02. The van der Waals surface area contributed by atoms with Crippen LogP contribution in [-0.2, 0) is 6.54 Å². The third-order valence-electron chi connectivity index (χ3n) is 4.15. The van der Waals surface area contributed by atoms with Crippen LogP contribution in [0, 0.1) is 12.3 Å². The first-order valence-electron chi connectivity index (χ1n) is 7.48. The van der Waals surface area contributed by atoms with Crippen molar-refractivity contribution in [2.45, 2.75) is 37.9 Å². The summed E-state index contributed by atoms with van der Waals surface area (Å²) in [7, 11) is 0. The number of likely N-dealkylation sites (tertiary alicyclic amines) is 1. The summed E-state index contributed by atoms with van der Waals surface area (Å²) in [5.74, 6) is 3.41. The average molecular weight is 270 g/mol. The fourth-order valence-electron chi connectivity index (χ4n) is 2.89. The molecule has 3 rings (SSSR count). The highest BCUT2D eigenvalue weighted by atomic mass is 16.5. The van der Waals surface area contributed by atoms with Gasteiger partial charge in [-0.05, 0) is 25.3 Å². The number of hydrogen-bond acceptors (Lipinski definition) is 3. The molecule has 1 N–H and O–H groups in total. The van der Waals surface area contributed by atoms with Crippen LogP contribution in [0.1, 0.15) is 24.8 Å². The van der Waals surface area contributed by atoms with Crippen LogP contribution in [0.3, 0.4) is 0 Å². The Morgan fingerprint density at radius 3 is 2.95 bits per heavy atom. The molecule has 1 aliphatic heterocycles. The van der Waals surface area contributed by atoms with Crippen molar-refractivity contribution in [1.29, 1.82) is 0 Å². The van der Waals surface area contributed by atoms with Gasteiger partial charge in [0.05, 0.1) is 0 Å². The second kappa shape index (κ2) is 6.30. The van der Waals surface area contributed by atoms with E-state index in [2.05, 4.69) is 22.2 Å². The Morgan fingerprint density at radius 2 is 2.15 bits per heavy atom. The van der Waals surface area contributed by atoms with Gasteiger partial charge >= 0.3 is 0 Å². The van der Waals surface area contributed by atoms with Crippen molar-refractivity contribution in [2.75, 3.05) is 19.7 Å². The molecule has 1 aromatic carbocycles. The van der Waals surface area contributed by atoms with E-state index >= 15 is 0 Å². The number of nitrogens with zero attached hydrogens (tertiary/aromatic N) is 1.